The number of rotatable bonds is 4. The third kappa shape index (κ3) is 3.86. The summed E-state index contributed by atoms with van der Waals surface area (Å²) in [6, 6.07) is 16.4. The van der Waals surface area contributed by atoms with Gasteiger partial charge in [0.25, 0.3) is 5.56 Å². The summed E-state index contributed by atoms with van der Waals surface area (Å²) in [6.45, 7) is 1.90. The lowest BCUT2D eigenvalue weighted by molar-refractivity contribution is -0.116. The number of carbonyl (C=O) groups excluding carboxylic acids is 1. The zero-order valence-corrected chi connectivity index (χ0v) is 20.2. The van der Waals surface area contributed by atoms with Gasteiger partial charge in [0.1, 0.15) is 5.39 Å². The van der Waals surface area contributed by atoms with Gasteiger partial charge in [-0.05, 0) is 43.3 Å². The van der Waals surface area contributed by atoms with Gasteiger partial charge in [0.05, 0.1) is 29.1 Å². The van der Waals surface area contributed by atoms with E-state index in [-0.39, 0.29) is 23.9 Å². The molecule has 0 spiro atoms. The summed E-state index contributed by atoms with van der Waals surface area (Å²) in [5.41, 5.74) is 3.42. The van der Waals surface area contributed by atoms with Gasteiger partial charge in [-0.15, -0.1) is 0 Å². The lowest BCUT2D eigenvalue weighted by Crippen LogP contribution is -2.27. The molecule has 1 unspecified atom stereocenters. The number of amides is 1. The van der Waals surface area contributed by atoms with Crippen LogP contribution in [0.4, 0.5) is 5.69 Å². The van der Waals surface area contributed by atoms with Crippen LogP contribution in [0.1, 0.15) is 18.2 Å². The van der Waals surface area contributed by atoms with E-state index in [0.717, 1.165) is 22.3 Å². The average Bonchev–Trinajstić information content (AvgIpc) is 3.44. The summed E-state index contributed by atoms with van der Waals surface area (Å²) in [6.07, 6.45) is 1.69. The molecule has 0 fully saturated rings. The van der Waals surface area contributed by atoms with Crippen molar-refractivity contribution in [3.05, 3.63) is 81.9 Å². The number of hydrogen-bond acceptors (Lipinski definition) is 6. The summed E-state index contributed by atoms with van der Waals surface area (Å²) < 4.78 is 3.25. The highest BCUT2D eigenvalue weighted by Gasteiger charge is 2.29. The number of halogens is 1. The third-order valence-electron chi connectivity index (χ3n) is 5.98. The number of para-hydroxylation sites is 1. The second-order valence-corrected chi connectivity index (χ2v) is 9.81. The van der Waals surface area contributed by atoms with Crippen LogP contribution in [-0.4, -0.2) is 36.0 Å². The van der Waals surface area contributed by atoms with Crippen molar-refractivity contribution in [2.45, 2.75) is 24.5 Å². The number of hydrogen-bond donors (Lipinski definition) is 1. The fraction of sp³-hybridized carbons (Fsp3) is 0.160. The van der Waals surface area contributed by atoms with E-state index in [2.05, 4.69) is 15.4 Å². The molecule has 1 aliphatic heterocycles. The molecular weight excluding hydrogens is 484 g/mol. The first-order chi connectivity index (χ1) is 17.0. The van der Waals surface area contributed by atoms with Crippen LogP contribution in [0.3, 0.4) is 0 Å². The zero-order valence-electron chi connectivity index (χ0n) is 18.6. The van der Waals surface area contributed by atoms with Crippen molar-refractivity contribution in [3.8, 4) is 5.69 Å². The molecule has 3 aromatic heterocycles. The molecule has 1 atom stereocenters. The van der Waals surface area contributed by atoms with E-state index in [1.165, 1.54) is 18.0 Å². The van der Waals surface area contributed by atoms with E-state index in [9.17, 15) is 9.59 Å². The van der Waals surface area contributed by atoms with Crippen molar-refractivity contribution in [1.29, 1.82) is 0 Å². The molecule has 2 aromatic carbocycles. The maximum absolute atomic E-state index is 13.4. The first-order valence-electron chi connectivity index (χ1n) is 11.0. The number of benzene rings is 2. The minimum Gasteiger partial charge on any atom is -0.325 e. The molecule has 35 heavy (non-hydrogen) atoms. The van der Waals surface area contributed by atoms with Gasteiger partial charge in [-0.2, -0.15) is 5.10 Å². The maximum Gasteiger partial charge on any atom is 0.265 e. The fourth-order valence-corrected chi connectivity index (χ4v) is 5.63. The van der Waals surface area contributed by atoms with E-state index >= 15 is 0 Å². The Morgan fingerprint density at radius 2 is 1.94 bits per heavy atom. The Hall–Kier alpha value is -3.69. The molecule has 10 heteroatoms. The molecule has 174 valence electrons. The predicted octanol–water partition coefficient (Wildman–Crippen LogP) is 4.77. The number of nitrogens with one attached hydrogen (secondary N) is 1. The Balaban J connectivity index is 1.30. The lowest BCUT2D eigenvalue weighted by atomic mass is 10.1. The van der Waals surface area contributed by atoms with Gasteiger partial charge in [0.15, 0.2) is 10.8 Å². The van der Waals surface area contributed by atoms with Gasteiger partial charge in [-0.1, -0.05) is 41.6 Å². The van der Waals surface area contributed by atoms with Gasteiger partial charge in [-0.3, -0.25) is 19.1 Å². The number of aryl methyl sites for hydroxylation is 1. The molecule has 4 heterocycles. The normalized spacial score (nSPS) is 15.0. The summed E-state index contributed by atoms with van der Waals surface area (Å²) in [7, 11) is 0. The second-order valence-electron chi connectivity index (χ2n) is 8.39. The smallest absolute Gasteiger partial charge is 0.265 e. The van der Waals surface area contributed by atoms with Gasteiger partial charge >= 0.3 is 0 Å². The quantitative estimate of drug-likeness (QED) is 0.356. The number of thioether (sulfide) groups is 1. The molecule has 1 amide bonds. The summed E-state index contributed by atoms with van der Waals surface area (Å²) in [4.78, 5) is 35.7. The first-order valence-corrected chi connectivity index (χ1v) is 12.4. The molecule has 0 aliphatic carbocycles. The monoisotopic (exact) mass is 502 g/mol. The van der Waals surface area contributed by atoms with E-state index in [1.807, 2.05) is 49.4 Å². The van der Waals surface area contributed by atoms with Crippen LogP contribution < -0.4 is 10.9 Å². The minimum absolute atomic E-state index is 0.161. The topological polar surface area (TPSA) is 94.7 Å². The summed E-state index contributed by atoms with van der Waals surface area (Å²) in [5, 5.41) is 9.89. The standard InChI is InChI=1S/C25H19ClN6O2S/c1-14-10-21(18-4-2-3-5-20(18)28-14)29-22(33)11-17-13-35-25-30-23-19(24(34)31(17)25)12-27-32(23)16-8-6-15(26)7-9-16/h2-10,12,17H,11,13H2,1H3,(H,28,29,33). The van der Waals surface area contributed by atoms with E-state index in [0.29, 0.717) is 32.7 Å². The molecule has 0 saturated carbocycles. The largest absolute Gasteiger partial charge is 0.325 e. The van der Waals surface area contributed by atoms with E-state index < -0.39 is 0 Å². The molecule has 1 N–H and O–H groups in total. The molecule has 6 rings (SSSR count). The summed E-state index contributed by atoms with van der Waals surface area (Å²) >= 11 is 7.47. The van der Waals surface area contributed by atoms with Crippen LogP contribution in [-0.2, 0) is 4.79 Å². The van der Waals surface area contributed by atoms with Crippen molar-refractivity contribution in [2.24, 2.45) is 0 Å². The molecule has 1 aliphatic rings. The molecular formula is C25H19ClN6O2S. The molecule has 8 nitrogen and oxygen atoms in total. The van der Waals surface area contributed by atoms with Gasteiger partial charge < -0.3 is 5.32 Å². The van der Waals surface area contributed by atoms with Crippen LogP contribution in [0.15, 0.2) is 70.7 Å². The summed E-state index contributed by atoms with van der Waals surface area (Å²) in [5.74, 6) is 0.426. The predicted molar refractivity (Wildman–Crippen MR) is 138 cm³/mol. The van der Waals surface area contributed by atoms with Crippen molar-refractivity contribution >= 4 is 56.9 Å². The highest BCUT2D eigenvalue weighted by molar-refractivity contribution is 7.99. The van der Waals surface area contributed by atoms with Gasteiger partial charge in [-0.25, -0.2) is 9.67 Å². The van der Waals surface area contributed by atoms with Crippen LogP contribution in [0.5, 0.6) is 0 Å². The lowest BCUT2D eigenvalue weighted by Gasteiger charge is -2.14. The van der Waals surface area contributed by atoms with Gasteiger partial charge in [0, 0.05) is 28.3 Å². The van der Waals surface area contributed by atoms with Gasteiger partial charge in [0.2, 0.25) is 5.91 Å². The fourth-order valence-electron chi connectivity index (χ4n) is 4.38. The highest BCUT2D eigenvalue weighted by Crippen LogP contribution is 2.34. The number of fused-ring (bicyclic) bond motifs is 3. The Kier molecular flexibility index (Phi) is 5.31. The van der Waals surface area contributed by atoms with Crippen LogP contribution in [0.2, 0.25) is 5.02 Å². The number of carbonyl (C=O) groups is 1. The number of nitrogens with zero attached hydrogens (tertiary/aromatic N) is 5. The Bertz CT molecular complexity index is 1680. The molecule has 0 saturated heterocycles. The maximum atomic E-state index is 13.4. The zero-order chi connectivity index (χ0) is 24.1. The van der Waals surface area contributed by atoms with Crippen molar-refractivity contribution in [1.82, 2.24) is 24.3 Å². The van der Waals surface area contributed by atoms with Crippen LogP contribution >= 0.6 is 23.4 Å². The average molecular weight is 503 g/mol. The van der Waals surface area contributed by atoms with Crippen LogP contribution in [0.25, 0.3) is 27.6 Å². The Morgan fingerprint density at radius 1 is 1.14 bits per heavy atom. The van der Waals surface area contributed by atoms with Crippen LogP contribution in [0, 0.1) is 6.92 Å². The number of pyridine rings is 1. The number of aromatic nitrogens is 5. The molecule has 0 bridgehead atoms. The molecule has 5 aromatic rings. The Labute approximate surface area is 209 Å². The van der Waals surface area contributed by atoms with Crippen molar-refractivity contribution in [2.75, 3.05) is 11.1 Å². The minimum atomic E-state index is -0.299. The van der Waals surface area contributed by atoms with Crippen molar-refractivity contribution < 1.29 is 4.79 Å². The SMILES string of the molecule is Cc1cc(NC(=O)CC2CSc3nc4c(cnn4-c4ccc(Cl)cc4)c(=O)n32)c2ccccc2n1. The van der Waals surface area contributed by atoms with E-state index in [4.69, 9.17) is 16.6 Å². The first kappa shape index (κ1) is 21.8. The molecule has 0 radical (unpaired) electrons. The van der Waals surface area contributed by atoms with E-state index in [1.54, 1.807) is 21.4 Å². The Morgan fingerprint density at radius 3 is 2.77 bits per heavy atom. The van der Waals surface area contributed by atoms with Crippen molar-refractivity contribution in [3.63, 3.8) is 0 Å². The third-order valence-corrected chi connectivity index (χ3v) is 7.33. The highest BCUT2D eigenvalue weighted by atomic mass is 35.5. The number of anilines is 1. The second kappa shape index (κ2) is 8.51.